The lowest BCUT2D eigenvalue weighted by Crippen LogP contribution is -2.63. The molecule has 1 unspecified atom stereocenters. The van der Waals surface area contributed by atoms with Gasteiger partial charge in [0.2, 0.25) is 0 Å². The summed E-state index contributed by atoms with van der Waals surface area (Å²) in [7, 11) is 0. The number of halogens is 9. The van der Waals surface area contributed by atoms with Crippen LogP contribution in [0.4, 0.5) is 39.5 Å². The van der Waals surface area contributed by atoms with E-state index < -0.39 is 42.5 Å². The molecule has 3 rings (SSSR count). The highest BCUT2D eigenvalue weighted by atomic mass is 19.4. The monoisotopic (exact) mass is 764 g/mol. The van der Waals surface area contributed by atoms with E-state index in [-0.39, 0.29) is 25.6 Å². The normalized spacial score (nSPS) is 13.0. The standard InChI is InChI=1S/C38H41F9O6/c1-3-4-5-8-11-26(2)52-31-20-22-32(23-21-31)53-33(48)29-14-12-27(13-15-29)28-16-18-30(19-17-28)50-24-9-6-7-10-25-51-34(49)35(39,40)36(41,42)37(43,44)38(45,46)47/h12-23,26H,3-11,24-25H2,1-2H3. The van der Waals surface area contributed by atoms with Crippen LogP contribution in [-0.4, -0.2) is 55.2 Å². The molecule has 0 aliphatic carbocycles. The largest absolute Gasteiger partial charge is 0.494 e. The number of rotatable bonds is 21. The highest BCUT2D eigenvalue weighted by Crippen LogP contribution is 2.53. The number of alkyl halides is 9. The summed E-state index contributed by atoms with van der Waals surface area (Å²) >= 11 is 0. The van der Waals surface area contributed by atoms with Gasteiger partial charge in [-0.3, -0.25) is 0 Å². The van der Waals surface area contributed by atoms with E-state index in [0.29, 0.717) is 35.7 Å². The van der Waals surface area contributed by atoms with Crippen LogP contribution >= 0.6 is 0 Å². The molecule has 0 bridgehead atoms. The lowest BCUT2D eigenvalue weighted by Gasteiger charge is -2.32. The van der Waals surface area contributed by atoms with Gasteiger partial charge in [-0.25, -0.2) is 9.59 Å². The average molecular weight is 765 g/mol. The van der Waals surface area contributed by atoms with Crippen molar-refractivity contribution in [3.8, 4) is 28.4 Å². The molecule has 0 N–H and O–H groups in total. The van der Waals surface area contributed by atoms with Crippen molar-refractivity contribution in [1.82, 2.24) is 0 Å². The molecule has 6 nitrogen and oxygen atoms in total. The van der Waals surface area contributed by atoms with Crippen molar-refractivity contribution in [2.24, 2.45) is 0 Å². The fourth-order valence-electron chi connectivity index (χ4n) is 4.95. The Balaban J connectivity index is 1.36. The van der Waals surface area contributed by atoms with Crippen LogP contribution in [0.2, 0.25) is 0 Å². The molecule has 0 spiro atoms. The summed E-state index contributed by atoms with van der Waals surface area (Å²) in [5.74, 6) is -22.7. The van der Waals surface area contributed by atoms with Crippen molar-refractivity contribution in [2.75, 3.05) is 13.2 Å². The van der Waals surface area contributed by atoms with E-state index in [1.165, 1.54) is 19.3 Å². The van der Waals surface area contributed by atoms with Crippen molar-refractivity contribution in [3.05, 3.63) is 78.4 Å². The van der Waals surface area contributed by atoms with E-state index in [0.717, 1.165) is 24.0 Å². The van der Waals surface area contributed by atoms with Crippen LogP contribution in [0.25, 0.3) is 11.1 Å². The molecule has 0 fully saturated rings. The molecular formula is C38H41F9O6. The first-order chi connectivity index (χ1) is 24.9. The predicted octanol–water partition coefficient (Wildman–Crippen LogP) is 11.3. The van der Waals surface area contributed by atoms with E-state index in [4.69, 9.17) is 14.2 Å². The van der Waals surface area contributed by atoms with E-state index in [9.17, 15) is 49.1 Å². The number of esters is 2. The van der Waals surface area contributed by atoms with Crippen molar-refractivity contribution in [1.29, 1.82) is 0 Å². The maximum Gasteiger partial charge on any atom is 0.460 e. The molecule has 53 heavy (non-hydrogen) atoms. The van der Waals surface area contributed by atoms with Gasteiger partial charge in [-0.15, -0.1) is 0 Å². The Kier molecular flexibility index (Phi) is 15.5. The third-order valence-electron chi connectivity index (χ3n) is 8.09. The molecule has 3 aromatic rings. The van der Waals surface area contributed by atoms with Crippen LogP contribution in [-0.2, 0) is 9.53 Å². The Morgan fingerprint density at radius 2 is 1.11 bits per heavy atom. The molecular weight excluding hydrogens is 723 g/mol. The zero-order chi connectivity index (χ0) is 39.3. The molecule has 292 valence electrons. The van der Waals surface area contributed by atoms with E-state index in [1.54, 1.807) is 72.8 Å². The summed E-state index contributed by atoms with van der Waals surface area (Å²) in [6.07, 6.45) is -0.354. The zero-order valence-corrected chi connectivity index (χ0v) is 29.1. The molecule has 15 heteroatoms. The molecule has 1 atom stereocenters. The highest BCUT2D eigenvalue weighted by Gasteiger charge is 2.84. The fourth-order valence-corrected chi connectivity index (χ4v) is 4.95. The number of benzene rings is 3. The second-order valence-electron chi connectivity index (χ2n) is 12.4. The first-order valence-electron chi connectivity index (χ1n) is 17.1. The Morgan fingerprint density at radius 3 is 1.68 bits per heavy atom. The van der Waals surface area contributed by atoms with E-state index >= 15 is 0 Å². The molecule has 0 aliphatic heterocycles. The van der Waals surface area contributed by atoms with Gasteiger partial charge in [-0.2, -0.15) is 39.5 Å². The van der Waals surface area contributed by atoms with Crippen molar-refractivity contribution >= 4 is 11.9 Å². The van der Waals surface area contributed by atoms with Crippen LogP contribution < -0.4 is 14.2 Å². The van der Waals surface area contributed by atoms with Gasteiger partial charge in [0.05, 0.1) is 24.9 Å². The second-order valence-corrected chi connectivity index (χ2v) is 12.4. The molecule has 0 saturated carbocycles. The quantitative estimate of drug-likeness (QED) is 0.0466. The lowest BCUT2D eigenvalue weighted by molar-refractivity contribution is -0.390. The van der Waals surface area contributed by atoms with E-state index in [1.807, 2.05) is 6.92 Å². The summed E-state index contributed by atoms with van der Waals surface area (Å²) in [5, 5.41) is 0. The Labute approximate surface area is 301 Å². The second kappa shape index (κ2) is 19.1. The van der Waals surface area contributed by atoms with Gasteiger partial charge in [0.15, 0.2) is 0 Å². The summed E-state index contributed by atoms with van der Waals surface area (Å²) in [6.45, 7) is 3.53. The number of unbranched alkanes of at least 4 members (excludes halogenated alkanes) is 6. The molecule has 3 aromatic carbocycles. The van der Waals surface area contributed by atoms with Gasteiger partial charge in [0, 0.05) is 0 Å². The maximum absolute atomic E-state index is 13.5. The molecule has 0 aromatic heterocycles. The molecule has 0 heterocycles. The van der Waals surface area contributed by atoms with Gasteiger partial charge in [0.25, 0.3) is 0 Å². The summed E-state index contributed by atoms with van der Waals surface area (Å²) in [4.78, 5) is 24.0. The smallest absolute Gasteiger partial charge is 0.460 e. The SMILES string of the molecule is CCCCCCC(C)Oc1ccc(OC(=O)c2ccc(-c3ccc(OCCCCCCOC(=O)C(F)(F)C(F)(F)C(F)(F)C(F)(F)F)cc3)cc2)cc1. The van der Waals surface area contributed by atoms with Crippen LogP contribution in [0.15, 0.2) is 72.8 Å². The van der Waals surface area contributed by atoms with Crippen molar-refractivity contribution in [3.63, 3.8) is 0 Å². The average Bonchev–Trinajstić information content (AvgIpc) is 3.11. The molecule has 0 aliphatic rings. The Bertz CT molecular complexity index is 1580. The molecule has 0 saturated heterocycles. The van der Waals surface area contributed by atoms with Crippen molar-refractivity contribution < 1.29 is 68.1 Å². The number of ether oxygens (including phenoxy) is 4. The number of hydrogen-bond donors (Lipinski definition) is 0. The first-order valence-corrected chi connectivity index (χ1v) is 17.1. The van der Waals surface area contributed by atoms with E-state index in [2.05, 4.69) is 11.7 Å². The highest BCUT2D eigenvalue weighted by molar-refractivity contribution is 5.91. The van der Waals surface area contributed by atoms with Crippen LogP contribution in [0.1, 0.15) is 82.0 Å². The summed E-state index contributed by atoms with van der Waals surface area (Å²) in [6, 6.07) is 20.8. The minimum atomic E-state index is -7.16. The third-order valence-corrected chi connectivity index (χ3v) is 8.09. The lowest BCUT2D eigenvalue weighted by atomic mass is 10.0. The van der Waals surface area contributed by atoms with Crippen molar-refractivity contribution in [2.45, 2.75) is 102 Å². The fraction of sp³-hybridized carbons (Fsp3) is 0.474. The summed E-state index contributed by atoms with van der Waals surface area (Å²) < 4.78 is 137. The Morgan fingerprint density at radius 1 is 0.604 bits per heavy atom. The van der Waals surface area contributed by atoms with Gasteiger partial charge in [-0.05, 0) is 105 Å². The van der Waals surface area contributed by atoms with Gasteiger partial charge in [-0.1, -0.05) is 50.5 Å². The summed E-state index contributed by atoms with van der Waals surface area (Å²) in [5.41, 5.74) is 2.03. The number of carbonyl (C=O) groups excluding carboxylic acids is 2. The number of hydrogen-bond acceptors (Lipinski definition) is 6. The minimum Gasteiger partial charge on any atom is -0.494 e. The Hall–Kier alpha value is -4.43. The topological polar surface area (TPSA) is 71.1 Å². The predicted molar refractivity (Wildman–Crippen MR) is 178 cm³/mol. The van der Waals surface area contributed by atoms with Gasteiger partial charge < -0.3 is 18.9 Å². The first kappa shape index (κ1) is 43.0. The van der Waals surface area contributed by atoms with Crippen LogP contribution in [0.3, 0.4) is 0 Å². The van der Waals surface area contributed by atoms with Gasteiger partial charge >= 0.3 is 35.9 Å². The molecule has 0 radical (unpaired) electrons. The number of carbonyl (C=O) groups is 2. The molecule has 0 amide bonds. The van der Waals surface area contributed by atoms with Gasteiger partial charge in [0.1, 0.15) is 17.2 Å². The maximum atomic E-state index is 13.5. The van der Waals surface area contributed by atoms with Crippen LogP contribution in [0.5, 0.6) is 17.2 Å². The van der Waals surface area contributed by atoms with Crippen LogP contribution in [0, 0.1) is 0 Å². The zero-order valence-electron chi connectivity index (χ0n) is 29.1. The third kappa shape index (κ3) is 11.8. The minimum absolute atomic E-state index is 0.0848.